The Kier molecular flexibility index (Phi) is 3.76. The molecule has 0 aliphatic rings. The molecule has 0 aliphatic heterocycles. The van der Waals surface area contributed by atoms with E-state index in [1.807, 2.05) is 0 Å². The highest BCUT2D eigenvalue weighted by molar-refractivity contribution is 6.30. The molecular formula is C10H6ClF5O. The second kappa shape index (κ2) is 4.60. The minimum Gasteiger partial charge on any atom is -0.293 e. The molecule has 1 nitrogen and oxygen atoms in total. The molecule has 0 fully saturated rings. The molecule has 0 saturated heterocycles. The first-order valence-electron chi connectivity index (χ1n) is 4.34. The third-order valence-corrected chi connectivity index (χ3v) is 2.29. The van der Waals surface area contributed by atoms with Crippen LogP contribution in [0, 0.1) is 0 Å². The van der Waals surface area contributed by atoms with Gasteiger partial charge in [0.25, 0.3) is 0 Å². The topological polar surface area (TPSA) is 17.1 Å². The van der Waals surface area contributed by atoms with Crippen molar-refractivity contribution in [1.82, 2.24) is 0 Å². The Morgan fingerprint density at radius 2 is 1.53 bits per heavy atom. The van der Waals surface area contributed by atoms with Crippen LogP contribution in [-0.4, -0.2) is 17.8 Å². The van der Waals surface area contributed by atoms with Gasteiger partial charge in [0, 0.05) is 11.1 Å². The molecule has 1 rings (SSSR count). The molecular weight excluding hydrogens is 267 g/mol. The van der Waals surface area contributed by atoms with Gasteiger partial charge >= 0.3 is 12.1 Å². The van der Waals surface area contributed by atoms with Gasteiger partial charge in [-0.05, 0) is 0 Å². The van der Waals surface area contributed by atoms with Crippen LogP contribution in [0.25, 0.3) is 0 Å². The lowest BCUT2D eigenvalue weighted by Crippen LogP contribution is -2.33. The van der Waals surface area contributed by atoms with E-state index in [4.69, 9.17) is 11.6 Å². The van der Waals surface area contributed by atoms with Gasteiger partial charge < -0.3 is 0 Å². The first-order chi connectivity index (χ1) is 7.70. The fourth-order valence-corrected chi connectivity index (χ4v) is 1.26. The van der Waals surface area contributed by atoms with Crippen molar-refractivity contribution in [3.8, 4) is 0 Å². The zero-order valence-corrected chi connectivity index (χ0v) is 8.95. The van der Waals surface area contributed by atoms with Crippen LogP contribution in [0.1, 0.15) is 15.9 Å². The van der Waals surface area contributed by atoms with Gasteiger partial charge in [-0.1, -0.05) is 24.3 Å². The fraction of sp³-hybridized carbons (Fsp3) is 0.300. The second-order valence-corrected chi connectivity index (χ2v) is 3.47. The average molecular weight is 273 g/mol. The standard InChI is InChI=1S/C10H6ClF5O/c11-5-8(17)6-1-3-7(4-2-6)9(12,13)10(14,15)16/h1-4H,5H2. The van der Waals surface area contributed by atoms with Gasteiger partial charge in [0.15, 0.2) is 5.78 Å². The Labute approximate surface area is 98.2 Å². The van der Waals surface area contributed by atoms with E-state index >= 15 is 0 Å². The monoisotopic (exact) mass is 272 g/mol. The van der Waals surface area contributed by atoms with Crippen LogP contribution >= 0.6 is 11.6 Å². The Balaban J connectivity index is 3.07. The number of carbonyl (C=O) groups excluding carboxylic acids is 1. The zero-order valence-electron chi connectivity index (χ0n) is 8.19. The molecule has 0 aromatic heterocycles. The summed E-state index contributed by atoms with van der Waals surface area (Å²) in [6, 6.07) is 2.90. The van der Waals surface area contributed by atoms with Crippen molar-refractivity contribution in [3.05, 3.63) is 35.4 Å². The summed E-state index contributed by atoms with van der Waals surface area (Å²) in [5.74, 6) is -5.85. The van der Waals surface area contributed by atoms with Crippen molar-refractivity contribution >= 4 is 17.4 Å². The largest absolute Gasteiger partial charge is 0.458 e. The van der Waals surface area contributed by atoms with Gasteiger partial charge in [0.1, 0.15) is 0 Å². The van der Waals surface area contributed by atoms with Crippen LogP contribution in [0.4, 0.5) is 22.0 Å². The van der Waals surface area contributed by atoms with Crippen LogP contribution in [0.15, 0.2) is 24.3 Å². The summed E-state index contributed by atoms with van der Waals surface area (Å²) in [4.78, 5) is 11.0. The summed E-state index contributed by atoms with van der Waals surface area (Å²) in [5, 5.41) is 0. The predicted octanol–water partition coefficient (Wildman–Crippen LogP) is 3.76. The van der Waals surface area contributed by atoms with E-state index in [0.29, 0.717) is 12.1 Å². The number of rotatable bonds is 3. The van der Waals surface area contributed by atoms with E-state index in [1.54, 1.807) is 0 Å². The van der Waals surface area contributed by atoms with Crippen molar-refractivity contribution in [1.29, 1.82) is 0 Å². The highest BCUT2D eigenvalue weighted by Crippen LogP contribution is 2.43. The highest BCUT2D eigenvalue weighted by Gasteiger charge is 2.58. The van der Waals surface area contributed by atoms with Gasteiger partial charge in [0.05, 0.1) is 5.88 Å². The summed E-state index contributed by atoms with van der Waals surface area (Å²) in [6.45, 7) is 0. The number of hydrogen-bond acceptors (Lipinski definition) is 1. The number of hydrogen-bond donors (Lipinski definition) is 0. The van der Waals surface area contributed by atoms with E-state index < -0.39 is 23.4 Å². The Hall–Kier alpha value is -1.17. The lowest BCUT2D eigenvalue weighted by Gasteiger charge is -2.19. The molecule has 1 aromatic carbocycles. The van der Waals surface area contributed by atoms with Gasteiger partial charge in [-0.15, -0.1) is 11.6 Å². The Bertz CT molecular complexity index is 410. The van der Waals surface area contributed by atoms with Gasteiger partial charge in [0.2, 0.25) is 0 Å². The summed E-state index contributed by atoms with van der Waals surface area (Å²) >= 11 is 5.21. The van der Waals surface area contributed by atoms with Crippen molar-refractivity contribution in [3.63, 3.8) is 0 Å². The van der Waals surface area contributed by atoms with Crippen LogP contribution in [0.3, 0.4) is 0 Å². The molecule has 0 radical (unpaired) electrons. The van der Waals surface area contributed by atoms with Gasteiger partial charge in [-0.2, -0.15) is 22.0 Å². The van der Waals surface area contributed by atoms with E-state index in [0.717, 1.165) is 12.1 Å². The van der Waals surface area contributed by atoms with Crippen LogP contribution in [0.5, 0.6) is 0 Å². The van der Waals surface area contributed by atoms with E-state index in [2.05, 4.69) is 0 Å². The van der Waals surface area contributed by atoms with E-state index in [9.17, 15) is 26.7 Å². The number of halogens is 6. The molecule has 0 atom stereocenters. The molecule has 0 unspecified atom stereocenters. The fourth-order valence-electron chi connectivity index (χ4n) is 1.11. The zero-order chi connectivity index (χ0) is 13.3. The van der Waals surface area contributed by atoms with E-state index in [-0.39, 0.29) is 11.4 Å². The van der Waals surface area contributed by atoms with Gasteiger partial charge in [-0.25, -0.2) is 0 Å². The second-order valence-electron chi connectivity index (χ2n) is 3.21. The smallest absolute Gasteiger partial charge is 0.293 e. The number of Topliss-reactive ketones (excluding diaryl/α,β-unsaturated/α-hetero) is 1. The molecule has 94 valence electrons. The molecule has 0 N–H and O–H groups in total. The minimum atomic E-state index is -5.66. The van der Waals surface area contributed by atoms with Crippen LogP contribution in [-0.2, 0) is 5.92 Å². The molecule has 17 heavy (non-hydrogen) atoms. The van der Waals surface area contributed by atoms with Crippen LogP contribution in [0.2, 0.25) is 0 Å². The van der Waals surface area contributed by atoms with Crippen LogP contribution < -0.4 is 0 Å². The highest BCUT2D eigenvalue weighted by atomic mass is 35.5. The third-order valence-electron chi connectivity index (χ3n) is 2.05. The van der Waals surface area contributed by atoms with Crippen molar-refractivity contribution < 1.29 is 26.7 Å². The average Bonchev–Trinajstić information content (AvgIpc) is 2.26. The lowest BCUT2D eigenvalue weighted by atomic mass is 10.0. The number of carbonyl (C=O) groups is 1. The Morgan fingerprint density at radius 3 is 1.88 bits per heavy atom. The number of ketones is 1. The first kappa shape index (κ1) is 13.9. The normalized spacial score (nSPS) is 12.6. The summed E-state index contributed by atoms with van der Waals surface area (Å²) in [6.07, 6.45) is -5.66. The third kappa shape index (κ3) is 2.74. The molecule has 0 saturated carbocycles. The molecule has 1 aromatic rings. The quantitative estimate of drug-likeness (QED) is 0.465. The maximum absolute atomic E-state index is 12.8. The molecule has 0 heterocycles. The van der Waals surface area contributed by atoms with Crippen molar-refractivity contribution in [2.45, 2.75) is 12.1 Å². The summed E-state index contributed by atoms with van der Waals surface area (Å²) in [5.41, 5.74) is -1.22. The molecule has 0 amide bonds. The molecule has 7 heteroatoms. The SMILES string of the molecule is O=C(CCl)c1ccc(C(F)(F)C(F)(F)F)cc1. The summed E-state index contributed by atoms with van der Waals surface area (Å²) in [7, 11) is 0. The van der Waals surface area contributed by atoms with E-state index in [1.165, 1.54) is 0 Å². The molecule has 0 bridgehead atoms. The predicted molar refractivity (Wildman–Crippen MR) is 51.4 cm³/mol. The maximum atomic E-state index is 12.8. The lowest BCUT2D eigenvalue weighted by molar-refractivity contribution is -0.289. The van der Waals surface area contributed by atoms with Crippen molar-refractivity contribution in [2.24, 2.45) is 0 Å². The first-order valence-corrected chi connectivity index (χ1v) is 4.88. The minimum absolute atomic E-state index is 0.0123. The molecule has 0 spiro atoms. The van der Waals surface area contributed by atoms with Crippen molar-refractivity contribution in [2.75, 3.05) is 5.88 Å². The van der Waals surface area contributed by atoms with Gasteiger partial charge in [-0.3, -0.25) is 4.79 Å². The molecule has 0 aliphatic carbocycles. The summed E-state index contributed by atoms with van der Waals surface area (Å²) < 4.78 is 61.7. The maximum Gasteiger partial charge on any atom is 0.458 e. The Morgan fingerprint density at radius 1 is 1.06 bits per heavy atom. The number of alkyl halides is 6. The number of benzene rings is 1.